The highest BCUT2D eigenvalue weighted by Crippen LogP contribution is 2.28. The highest BCUT2D eigenvalue weighted by atomic mass is 19.1. The van der Waals surface area contributed by atoms with Gasteiger partial charge in [-0.2, -0.15) is 0 Å². The van der Waals surface area contributed by atoms with Crippen LogP contribution < -0.4 is 4.90 Å². The molecule has 3 rings (SSSR count). The number of nitrogens with zero attached hydrogens (tertiary/aromatic N) is 3. The largest absolute Gasteiger partial charge is 0.366 e. The second-order valence-electron chi connectivity index (χ2n) is 8.09. The first-order chi connectivity index (χ1) is 12.9. The van der Waals surface area contributed by atoms with Crippen LogP contribution in [0.5, 0.6) is 0 Å². The molecule has 0 aliphatic carbocycles. The summed E-state index contributed by atoms with van der Waals surface area (Å²) in [6.45, 7) is 9.32. The molecule has 0 radical (unpaired) electrons. The predicted octanol–water partition coefficient (Wildman–Crippen LogP) is 2.76. The van der Waals surface area contributed by atoms with Crippen molar-refractivity contribution in [3.05, 3.63) is 30.1 Å². The van der Waals surface area contributed by atoms with Gasteiger partial charge in [-0.25, -0.2) is 4.39 Å². The number of halogens is 1. The molecule has 1 aromatic rings. The summed E-state index contributed by atoms with van der Waals surface area (Å²) in [5.41, 5.74) is 0.601. The molecule has 2 aliphatic heterocycles. The lowest BCUT2D eigenvalue weighted by Crippen LogP contribution is -2.56. The summed E-state index contributed by atoms with van der Waals surface area (Å²) in [5, 5.41) is 0. The number of rotatable bonds is 4. The van der Waals surface area contributed by atoms with Gasteiger partial charge in [-0.1, -0.05) is 26.0 Å². The SMILES string of the molecule is CC(C)CN1C(=O)CC[C@@H](C(=O)N2CCN(c3ccccc3F)CC2)[C@H]1C. The molecule has 0 aromatic heterocycles. The average molecular weight is 375 g/mol. The third kappa shape index (κ3) is 4.25. The summed E-state index contributed by atoms with van der Waals surface area (Å²) in [5.74, 6) is 0.318. The number of piperazine rings is 1. The maximum atomic E-state index is 14.0. The van der Waals surface area contributed by atoms with Crippen LogP contribution in [0.1, 0.15) is 33.6 Å². The average Bonchev–Trinajstić information content (AvgIpc) is 2.65. The van der Waals surface area contributed by atoms with Gasteiger partial charge in [-0.15, -0.1) is 0 Å². The molecule has 2 atom stereocenters. The topological polar surface area (TPSA) is 43.9 Å². The fourth-order valence-electron chi connectivity index (χ4n) is 4.21. The minimum absolute atomic E-state index is 0.0641. The molecular weight excluding hydrogens is 345 g/mol. The summed E-state index contributed by atoms with van der Waals surface area (Å²) < 4.78 is 14.0. The third-order valence-corrected chi connectivity index (χ3v) is 5.73. The molecule has 2 aliphatic rings. The van der Waals surface area contributed by atoms with E-state index in [1.54, 1.807) is 12.1 Å². The molecule has 0 saturated carbocycles. The van der Waals surface area contributed by atoms with E-state index in [0.29, 0.717) is 57.2 Å². The highest BCUT2D eigenvalue weighted by molar-refractivity contribution is 5.84. The van der Waals surface area contributed by atoms with E-state index in [9.17, 15) is 14.0 Å². The van der Waals surface area contributed by atoms with Crippen LogP contribution in [0.15, 0.2) is 24.3 Å². The molecule has 5 nitrogen and oxygen atoms in total. The predicted molar refractivity (Wildman–Crippen MR) is 104 cm³/mol. The van der Waals surface area contributed by atoms with Gasteiger partial charge in [-0.3, -0.25) is 9.59 Å². The van der Waals surface area contributed by atoms with Crippen molar-refractivity contribution < 1.29 is 14.0 Å². The van der Waals surface area contributed by atoms with Crippen LogP contribution in [0.3, 0.4) is 0 Å². The lowest BCUT2D eigenvalue weighted by molar-refractivity contribution is -0.147. The van der Waals surface area contributed by atoms with Crippen LogP contribution in [0.2, 0.25) is 0 Å². The number of para-hydroxylation sites is 1. The quantitative estimate of drug-likeness (QED) is 0.813. The molecule has 2 heterocycles. The van der Waals surface area contributed by atoms with Crippen LogP contribution in [-0.2, 0) is 9.59 Å². The van der Waals surface area contributed by atoms with E-state index in [0.717, 1.165) is 0 Å². The molecule has 2 fully saturated rings. The van der Waals surface area contributed by atoms with Gasteiger partial charge in [0.25, 0.3) is 0 Å². The van der Waals surface area contributed by atoms with Crippen molar-refractivity contribution in [1.82, 2.24) is 9.80 Å². The zero-order valence-corrected chi connectivity index (χ0v) is 16.5. The molecule has 0 unspecified atom stereocenters. The van der Waals surface area contributed by atoms with Gasteiger partial charge < -0.3 is 14.7 Å². The number of carbonyl (C=O) groups is 2. The summed E-state index contributed by atoms with van der Waals surface area (Å²) in [6, 6.07) is 6.71. The smallest absolute Gasteiger partial charge is 0.227 e. The minimum atomic E-state index is -0.221. The Morgan fingerprint density at radius 1 is 1.19 bits per heavy atom. The lowest BCUT2D eigenvalue weighted by Gasteiger charge is -2.43. The zero-order chi connectivity index (χ0) is 19.6. The summed E-state index contributed by atoms with van der Waals surface area (Å²) in [4.78, 5) is 31.2. The Balaban J connectivity index is 1.62. The second kappa shape index (κ2) is 8.28. The molecule has 6 heteroatoms. The Morgan fingerprint density at radius 2 is 1.85 bits per heavy atom. The molecule has 27 heavy (non-hydrogen) atoms. The van der Waals surface area contributed by atoms with Gasteiger partial charge in [0.2, 0.25) is 11.8 Å². The van der Waals surface area contributed by atoms with Crippen molar-refractivity contribution >= 4 is 17.5 Å². The Bertz CT molecular complexity index is 686. The Kier molecular flexibility index (Phi) is 6.02. The third-order valence-electron chi connectivity index (χ3n) is 5.73. The molecule has 1 aromatic carbocycles. The number of benzene rings is 1. The van der Waals surface area contributed by atoms with Crippen molar-refractivity contribution in [1.29, 1.82) is 0 Å². The fourth-order valence-corrected chi connectivity index (χ4v) is 4.21. The molecular formula is C21H30FN3O2. The Labute approximate surface area is 161 Å². The monoisotopic (exact) mass is 375 g/mol. The van der Waals surface area contributed by atoms with Crippen LogP contribution in [0.4, 0.5) is 10.1 Å². The first-order valence-corrected chi connectivity index (χ1v) is 9.96. The van der Waals surface area contributed by atoms with Crippen molar-refractivity contribution in [2.75, 3.05) is 37.6 Å². The van der Waals surface area contributed by atoms with Gasteiger partial charge in [0.15, 0.2) is 0 Å². The van der Waals surface area contributed by atoms with Crippen molar-refractivity contribution in [3.8, 4) is 0 Å². The van der Waals surface area contributed by atoms with E-state index >= 15 is 0 Å². The number of hydrogen-bond acceptors (Lipinski definition) is 3. The number of piperidine rings is 1. The summed E-state index contributed by atoms with van der Waals surface area (Å²) in [7, 11) is 0. The molecule has 148 valence electrons. The lowest BCUT2D eigenvalue weighted by atomic mass is 9.87. The zero-order valence-electron chi connectivity index (χ0n) is 16.5. The molecule has 0 bridgehead atoms. The van der Waals surface area contributed by atoms with E-state index in [-0.39, 0.29) is 29.6 Å². The van der Waals surface area contributed by atoms with Crippen LogP contribution in [0.25, 0.3) is 0 Å². The van der Waals surface area contributed by atoms with E-state index in [1.165, 1.54) is 6.07 Å². The Hall–Kier alpha value is -2.11. The number of anilines is 1. The van der Waals surface area contributed by atoms with E-state index in [1.807, 2.05) is 27.7 Å². The molecule has 0 N–H and O–H groups in total. The molecule has 2 amide bonds. The van der Waals surface area contributed by atoms with Gasteiger partial charge >= 0.3 is 0 Å². The first-order valence-electron chi connectivity index (χ1n) is 9.96. The number of likely N-dealkylation sites (tertiary alicyclic amines) is 1. The van der Waals surface area contributed by atoms with Crippen LogP contribution in [-0.4, -0.2) is 60.4 Å². The van der Waals surface area contributed by atoms with Gasteiger partial charge in [0, 0.05) is 45.2 Å². The van der Waals surface area contributed by atoms with E-state index in [2.05, 4.69) is 13.8 Å². The second-order valence-corrected chi connectivity index (χ2v) is 8.09. The normalized spacial score (nSPS) is 23.9. The first kappa shape index (κ1) is 19.6. The van der Waals surface area contributed by atoms with Crippen molar-refractivity contribution in [2.24, 2.45) is 11.8 Å². The molecule has 2 saturated heterocycles. The maximum Gasteiger partial charge on any atom is 0.227 e. The maximum absolute atomic E-state index is 14.0. The minimum Gasteiger partial charge on any atom is -0.366 e. The number of hydrogen-bond donors (Lipinski definition) is 0. The highest BCUT2D eigenvalue weighted by Gasteiger charge is 2.39. The van der Waals surface area contributed by atoms with Crippen LogP contribution in [0, 0.1) is 17.7 Å². The summed E-state index contributed by atoms with van der Waals surface area (Å²) >= 11 is 0. The van der Waals surface area contributed by atoms with Crippen molar-refractivity contribution in [2.45, 2.75) is 39.7 Å². The van der Waals surface area contributed by atoms with E-state index < -0.39 is 0 Å². The standard InChI is InChI=1S/C21H30FN3O2/c1-15(2)14-25-16(3)17(8-9-20(25)26)21(27)24-12-10-23(11-13-24)19-7-5-4-6-18(19)22/h4-7,15-17H,8-14H2,1-3H3/t16-,17-/m1/s1. The number of carbonyl (C=O) groups excluding carboxylic acids is 2. The van der Waals surface area contributed by atoms with E-state index in [4.69, 9.17) is 0 Å². The van der Waals surface area contributed by atoms with Crippen molar-refractivity contribution in [3.63, 3.8) is 0 Å². The van der Waals surface area contributed by atoms with Gasteiger partial charge in [0.05, 0.1) is 11.6 Å². The Morgan fingerprint density at radius 3 is 2.48 bits per heavy atom. The van der Waals surface area contributed by atoms with Gasteiger partial charge in [-0.05, 0) is 31.4 Å². The molecule has 0 spiro atoms. The summed E-state index contributed by atoms with van der Waals surface area (Å²) in [6.07, 6.45) is 1.07. The van der Waals surface area contributed by atoms with Crippen LogP contribution >= 0.6 is 0 Å². The number of amides is 2. The van der Waals surface area contributed by atoms with Gasteiger partial charge in [0.1, 0.15) is 5.82 Å². The fraction of sp³-hybridized carbons (Fsp3) is 0.619.